The standard InChI is InChI=1S/C9H15BO.C5H5.C2H7O3P.CO.Fe/c1-11-10-8-4-2-5-9(10)7-3-6-8;1-2-4-5-3-1;1-4-6(3)5-2;1-2;/h1,8-9H,2-7H2;1-5H;6H,1-2H3;;/q;;;;+1. The van der Waals surface area contributed by atoms with Crippen LogP contribution in [0, 0.1) is 38.8 Å². The molecule has 0 aromatic heterocycles. The van der Waals surface area contributed by atoms with Crippen LogP contribution in [0.15, 0.2) is 0 Å². The minimum atomic E-state index is -2.12. The molecule has 5 nitrogen and oxygen atoms in total. The third kappa shape index (κ3) is 11.6. The van der Waals surface area contributed by atoms with Crippen LogP contribution in [0.25, 0.3) is 0 Å². The molecule has 8 heteroatoms. The second-order valence-electron chi connectivity index (χ2n) is 5.69. The summed E-state index contributed by atoms with van der Waals surface area (Å²) in [6, 6.07) is 0. The van der Waals surface area contributed by atoms with Gasteiger partial charge in [-0.2, -0.15) is 0 Å². The van der Waals surface area contributed by atoms with Crippen LogP contribution in [0.3, 0.4) is 0 Å². The summed E-state index contributed by atoms with van der Waals surface area (Å²) >= 11 is 3.66. The molecular formula is C17H27BFeO5P+. The minimum absolute atomic E-state index is 0.519. The summed E-state index contributed by atoms with van der Waals surface area (Å²) in [5, 5.41) is 1.64. The van der Waals surface area contributed by atoms with E-state index >= 15 is 0 Å². The molecule has 1 aliphatic carbocycles. The zero-order valence-corrected chi connectivity index (χ0v) is 16.9. The molecule has 2 aliphatic heterocycles. The molecule has 2 bridgehead atoms. The van der Waals surface area contributed by atoms with Gasteiger partial charge in [-0.05, 0) is 32.1 Å². The van der Waals surface area contributed by atoms with E-state index in [0.29, 0.717) is 6.92 Å². The zero-order valence-electron chi connectivity index (χ0n) is 14.8. The fourth-order valence-electron chi connectivity index (χ4n) is 3.30. The van der Waals surface area contributed by atoms with Crippen molar-refractivity contribution in [2.24, 2.45) is 0 Å². The molecule has 2 saturated heterocycles. The van der Waals surface area contributed by atoms with Crippen molar-refractivity contribution in [1.29, 1.82) is 0 Å². The van der Waals surface area contributed by atoms with E-state index in [-0.39, 0.29) is 0 Å². The van der Waals surface area contributed by atoms with E-state index in [1.165, 1.54) is 52.7 Å². The molecule has 2 heterocycles. The van der Waals surface area contributed by atoms with Crippen LogP contribution >= 0.6 is 8.25 Å². The third-order valence-corrected chi connectivity index (χ3v) is 5.14. The predicted molar refractivity (Wildman–Crippen MR) is 96.6 cm³/mol. The van der Waals surface area contributed by atoms with Gasteiger partial charge in [0, 0.05) is 14.2 Å². The molecule has 140 valence electrons. The van der Waals surface area contributed by atoms with Crippen molar-refractivity contribution in [1.82, 2.24) is 0 Å². The van der Waals surface area contributed by atoms with Crippen LogP contribution in [0.1, 0.15) is 38.5 Å². The van der Waals surface area contributed by atoms with E-state index in [0.717, 1.165) is 11.6 Å². The van der Waals surface area contributed by atoms with Crippen molar-refractivity contribution in [2.45, 2.75) is 50.2 Å². The third-order valence-electron chi connectivity index (χ3n) is 4.32. The quantitative estimate of drug-likeness (QED) is 0.304. The Morgan fingerprint density at radius 2 is 1.36 bits per heavy atom. The van der Waals surface area contributed by atoms with Gasteiger partial charge in [-0.1, -0.05) is 0 Å². The van der Waals surface area contributed by atoms with Gasteiger partial charge in [-0.25, -0.2) is 0 Å². The van der Waals surface area contributed by atoms with Crippen LogP contribution < -0.4 is 0 Å². The molecule has 3 rings (SSSR count). The van der Waals surface area contributed by atoms with Crippen LogP contribution in [0.4, 0.5) is 0 Å². The first-order valence-electron chi connectivity index (χ1n) is 8.27. The first-order valence-corrected chi connectivity index (χ1v) is 10.1. The molecule has 0 aromatic rings. The van der Waals surface area contributed by atoms with Gasteiger partial charge < -0.3 is 9.05 Å². The number of fused-ring (bicyclic) bond motifs is 2. The summed E-state index contributed by atoms with van der Waals surface area (Å²) in [6.45, 7) is 5.02. The van der Waals surface area contributed by atoms with Gasteiger partial charge >= 0.3 is 102 Å². The van der Waals surface area contributed by atoms with Gasteiger partial charge in [0.25, 0.3) is 0 Å². The van der Waals surface area contributed by atoms with Gasteiger partial charge in [0.1, 0.15) is 0 Å². The fourth-order valence-corrected chi connectivity index (χ4v) is 3.64. The van der Waals surface area contributed by atoms with Crippen LogP contribution in [0.5, 0.6) is 0 Å². The molecule has 0 aromatic carbocycles. The molecule has 0 amide bonds. The molecule has 1 saturated carbocycles. The summed E-state index contributed by atoms with van der Waals surface area (Å²) in [4.78, 5) is 0. The van der Waals surface area contributed by atoms with E-state index < -0.39 is 8.25 Å². The van der Waals surface area contributed by atoms with Gasteiger partial charge in [-0.3, -0.25) is 4.57 Å². The van der Waals surface area contributed by atoms with Gasteiger partial charge in [-0.15, -0.1) is 0 Å². The monoisotopic (exact) mass is 409 g/mol. The van der Waals surface area contributed by atoms with Gasteiger partial charge in [0.05, 0.1) is 0 Å². The summed E-state index contributed by atoms with van der Waals surface area (Å²) in [6.07, 6.45) is 18.4. The Morgan fingerprint density at radius 3 is 1.60 bits per heavy atom. The van der Waals surface area contributed by atoms with Crippen LogP contribution in [-0.4, -0.2) is 26.2 Å². The average molecular weight is 409 g/mol. The Hall–Kier alpha value is 0.304. The second kappa shape index (κ2) is 17.7. The van der Waals surface area contributed by atoms with E-state index in [9.17, 15) is 4.57 Å². The van der Waals surface area contributed by atoms with Crippen molar-refractivity contribution in [3.05, 3.63) is 38.8 Å². The van der Waals surface area contributed by atoms with Gasteiger partial charge in [0.2, 0.25) is 0 Å². The topological polar surface area (TPSA) is 64.7 Å². The Labute approximate surface area is 162 Å². The first-order chi connectivity index (χ1) is 12.2. The van der Waals surface area contributed by atoms with Crippen molar-refractivity contribution in [2.75, 3.05) is 14.2 Å². The number of hydrogen-bond donors (Lipinski definition) is 0. The molecule has 0 spiro atoms. The van der Waals surface area contributed by atoms with E-state index in [1.54, 1.807) is 5.11 Å². The van der Waals surface area contributed by atoms with Crippen LogP contribution in [0.2, 0.25) is 11.6 Å². The summed E-state index contributed by atoms with van der Waals surface area (Å²) in [5.41, 5.74) is 0. The SMILES string of the molecule is CO[PH](=O)OC.[C-]#[O+].[CH]1[CH][CH][CH][CH]1.[Fe+]=[CH]OB1C2CCCC1CCC2. The Bertz CT molecular complexity index is 344. The second-order valence-corrected chi connectivity index (χ2v) is 7.26. The molecule has 5 radical (unpaired) electrons. The summed E-state index contributed by atoms with van der Waals surface area (Å²) in [5.74, 6) is 1.69. The maximum absolute atomic E-state index is 9.92. The molecule has 0 atom stereocenters. The van der Waals surface area contributed by atoms with Crippen molar-refractivity contribution in [3.8, 4) is 0 Å². The molecular weight excluding hydrogens is 382 g/mol. The molecule has 25 heavy (non-hydrogen) atoms. The number of rotatable bonds is 4. The average Bonchev–Trinajstić information content (AvgIpc) is 3.23. The Morgan fingerprint density at radius 1 is 1.00 bits per heavy atom. The molecule has 0 unspecified atom stereocenters. The first kappa shape index (κ1) is 25.3. The van der Waals surface area contributed by atoms with Crippen molar-refractivity contribution < 1.29 is 38.5 Å². The van der Waals surface area contributed by atoms with E-state index in [2.05, 4.69) is 31.3 Å². The summed E-state index contributed by atoms with van der Waals surface area (Å²) < 4.78 is 31.5. The normalized spacial score (nSPS) is 24.0. The molecule has 3 aliphatic rings. The van der Waals surface area contributed by atoms with Crippen molar-refractivity contribution >= 4 is 20.3 Å². The Balaban J connectivity index is 0.000000374. The predicted octanol–water partition coefficient (Wildman–Crippen LogP) is 4.06. The molecule has 0 N–H and O–H groups in total. The fraction of sp³-hybridized carbons (Fsp3) is 0.588. The zero-order chi connectivity index (χ0) is 18.9. The maximum atomic E-state index is 9.92. The Kier molecular flexibility index (Phi) is 17.9. The van der Waals surface area contributed by atoms with Gasteiger partial charge in [0.15, 0.2) is 0 Å². The van der Waals surface area contributed by atoms with E-state index in [1.807, 2.05) is 32.1 Å². The number of hydrogen-bond acceptors (Lipinski definition) is 4. The summed E-state index contributed by atoms with van der Waals surface area (Å²) in [7, 11) is 0.558. The van der Waals surface area contributed by atoms with Crippen molar-refractivity contribution in [3.63, 3.8) is 0 Å². The van der Waals surface area contributed by atoms with E-state index in [4.69, 9.17) is 9.31 Å². The molecule has 3 fully saturated rings. The van der Waals surface area contributed by atoms with Crippen LogP contribution in [-0.2, 0) is 38.5 Å².